The summed E-state index contributed by atoms with van der Waals surface area (Å²) in [5.41, 5.74) is 1.18. The fraction of sp³-hybridized carbons (Fsp3) is 0.562. The maximum Gasteiger partial charge on any atom is 0.222 e. The Kier molecular flexibility index (Phi) is 6.44. The number of carbonyl (C=O) groups excluding carboxylic acids is 1. The average Bonchev–Trinajstić information content (AvgIpc) is 2.48. The second-order valence-corrected chi connectivity index (χ2v) is 8.24. The van der Waals surface area contributed by atoms with Gasteiger partial charge in [0.1, 0.15) is 0 Å². The summed E-state index contributed by atoms with van der Waals surface area (Å²) in [4.78, 5) is 14.0. The number of likely N-dealkylation sites (tertiary alicyclic amines) is 1. The maximum atomic E-state index is 12.2. The molecule has 0 aliphatic carbocycles. The van der Waals surface area contributed by atoms with E-state index in [-0.39, 0.29) is 11.9 Å². The van der Waals surface area contributed by atoms with Crippen LogP contribution in [0.4, 0.5) is 0 Å². The van der Waals surface area contributed by atoms with E-state index in [0.29, 0.717) is 32.4 Å². The van der Waals surface area contributed by atoms with E-state index in [9.17, 15) is 13.2 Å². The predicted molar refractivity (Wildman–Crippen MR) is 92.0 cm³/mol. The molecule has 0 atom stereocenters. The largest absolute Gasteiger partial charge is 0.343 e. The van der Waals surface area contributed by atoms with Gasteiger partial charge in [0.05, 0.1) is 6.26 Å². The lowest BCUT2D eigenvalue weighted by Crippen LogP contribution is -2.46. The van der Waals surface area contributed by atoms with Gasteiger partial charge in [0.25, 0.3) is 0 Å². The van der Waals surface area contributed by atoms with Crippen molar-refractivity contribution in [3.05, 3.63) is 34.9 Å². The Bertz CT molecular complexity index is 623. The van der Waals surface area contributed by atoms with Crippen LogP contribution in [-0.2, 0) is 21.2 Å². The number of rotatable bonds is 6. The molecule has 5 nitrogen and oxygen atoms in total. The molecule has 23 heavy (non-hydrogen) atoms. The third-order valence-corrected chi connectivity index (χ3v) is 5.01. The summed E-state index contributed by atoms with van der Waals surface area (Å²) in [5.74, 6) is 0.150. The van der Waals surface area contributed by atoms with Crippen molar-refractivity contribution >= 4 is 27.5 Å². The van der Waals surface area contributed by atoms with Crippen molar-refractivity contribution in [2.24, 2.45) is 0 Å². The zero-order valence-electron chi connectivity index (χ0n) is 13.3. The van der Waals surface area contributed by atoms with Crippen molar-refractivity contribution in [1.82, 2.24) is 9.62 Å². The zero-order valence-corrected chi connectivity index (χ0v) is 14.9. The minimum absolute atomic E-state index is 0.0527. The molecule has 1 aromatic carbocycles. The molecule has 1 amide bonds. The third kappa shape index (κ3) is 6.49. The molecule has 0 radical (unpaired) electrons. The molecule has 7 heteroatoms. The van der Waals surface area contributed by atoms with Crippen LogP contribution in [0.2, 0.25) is 5.02 Å². The van der Waals surface area contributed by atoms with Crippen molar-refractivity contribution in [3.8, 4) is 0 Å². The highest BCUT2D eigenvalue weighted by atomic mass is 35.5. The van der Waals surface area contributed by atoms with Gasteiger partial charge >= 0.3 is 0 Å². The van der Waals surface area contributed by atoms with E-state index in [1.165, 1.54) is 11.8 Å². The van der Waals surface area contributed by atoms with Crippen molar-refractivity contribution in [2.45, 2.75) is 38.1 Å². The molecule has 1 aliphatic heterocycles. The number of amides is 1. The van der Waals surface area contributed by atoms with Crippen LogP contribution in [0.3, 0.4) is 0 Å². The van der Waals surface area contributed by atoms with E-state index in [0.717, 1.165) is 17.9 Å². The molecule has 2 rings (SSSR count). The molecule has 0 bridgehead atoms. The lowest BCUT2D eigenvalue weighted by molar-refractivity contribution is -0.132. The molecule has 0 spiro atoms. The van der Waals surface area contributed by atoms with Crippen molar-refractivity contribution in [1.29, 1.82) is 0 Å². The molecule has 1 N–H and O–H groups in total. The number of hydrogen-bond acceptors (Lipinski definition) is 3. The minimum atomic E-state index is -3.17. The lowest BCUT2D eigenvalue weighted by Gasteiger charge is -2.32. The van der Waals surface area contributed by atoms with Gasteiger partial charge in [-0.3, -0.25) is 4.79 Å². The maximum absolute atomic E-state index is 12.2. The highest BCUT2D eigenvalue weighted by Gasteiger charge is 2.24. The Balaban J connectivity index is 1.70. The van der Waals surface area contributed by atoms with E-state index < -0.39 is 10.0 Å². The summed E-state index contributed by atoms with van der Waals surface area (Å²) >= 11 is 5.85. The molecular formula is C16H23ClN2O3S. The van der Waals surface area contributed by atoms with Gasteiger partial charge in [-0.25, -0.2) is 13.1 Å². The second-order valence-electron chi connectivity index (χ2n) is 6.03. The number of nitrogens with zero attached hydrogens (tertiary/aromatic N) is 1. The van der Waals surface area contributed by atoms with Crippen LogP contribution in [0, 0.1) is 0 Å². The molecule has 1 aliphatic rings. The van der Waals surface area contributed by atoms with Crippen molar-refractivity contribution < 1.29 is 13.2 Å². The lowest BCUT2D eigenvalue weighted by atomic mass is 10.0. The Hall–Kier alpha value is -1.11. The predicted octanol–water partition coefficient (Wildman–Crippen LogP) is 2.20. The molecule has 1 aromatic rings. The number of piperidine rings is 1. The highest BCUT2D eigenvalue weighted by molar-refractivity contribution is 7.88. The molecule has 1 heterocycles. The van der Waals surface area contributed by atoms with E-state index in [2.05, 4.69) is 4.72 Å². The Morgan fingerprint density at radius 1 is 1.26 bits per heavy atom. The SMILES string of the molecule is CS(=O)(=O)NC1CCN(C(=O)CCCc2ccc(Cl)cc2)CC1. The van der Waals surface area contributed by atoms with Gasteiger partial charge in [0.2, 0.25) is 15.9 Å². The number of sulfonamides is 1. The summed E-state index contributed by atoms with van der Waals surface area (Å²) in [7, 11) is -3.17. The van der Waals surface area contributed by atoms with Crippen LogP contribution >= 0.6 is 11.6 Å². The van der Waals surface area contributed by atoms with Gasteiger partial charge in [0, 0.05) is 30.6 Å². The smallest absolute Gasteiger partial charge is 0.222 e. The first kappa shape index (κ1) is 18.2. The quantitative estimate of drug-likeness (QED) is 0.847. The third-order valence-electron chi connectivity index (χ3n) is 4.00. The van der Waals surface area contributed by atoms with Crippen molar-refractivity contribution in [3.63, 3.8) is 0 Å². The van der Waals surface area contributed by atoms with E-state index in [1.807, 2.05) is 29.2 Å². The second kappa shape index (κ2) is 8.13. The number of halogens is 1. The summed E-state index contributed by atoms with van der Waals surface area (Å²) in [6, 6.07) is 7.63. The Morgan fingerprint density at radius 2 is 1.87 bits per heavy atom. The molecule has 0 aromatic heterocycles. The van der Waals surface area contributed by atoms with E-state index in [1.54, 1.807) is 0 Å². The number of benzene rings is 1. The van der Waals surface area contributed by atoms with Crippen LogP contribution in [0.5, 0.6) is 0 Å². The van der Waals surface area contributed by atoms with Crippen LogP contribution in [0.15, 0.2) is 24.3 Å². The van der Waals surface area contributed by atoms with E-state index >= 15 is 0 Å². The number of nitrogens with one attached hydrogen (secondary N) is 1. The van der Waals surface area contributed by atoms with Crippen LogP contribution in [-0.4, -0.2) is 44.6 Å². The Morgan fingerprint density at radius 3 is 2.43 bits per heavy atom. The molecule has 1 fully saturated rings. The molecule has 128 valence electrons. The number of hydrogen-bond donors (Lipinski definition) is 1. The highest BCUT2D eigenvalue weighted by Crippen LogP contribution is 2.15. The topological polar surface area (TPSA) is 66.5 Å². The van der Waals surface area contributed by atoms with Gasteiger partial charge in [-0.1, -0.05) is 23.7 Å². The van der Waals surface area contributed by atoms with Gasteiger partial charge in [-0.05, 0) is 43.4 Å². The van der Waals surface area contributed by atoms with Crippen molar-refractivity contribution in [2.75, 3.05) is 19.3 Å². The summed E-state index contributed by atoms with van der Waals surface area (Å²) in [5, 5.41) is 0.718. The molecule has 0 saturated carbocycles. The van der Waals surface area contributed by atoms with Gasteiger partial charge in [-0.15, -0.1) is 0 Å². The van der Waals surface area contributed by atoms with Crippen LogP contribution < -0.4 is 4.72 Å². The molecule has 0 unspecified atom stereocenters. The zero-order chi connectivity index (χ0) is 16.9. The standard InChI is InChI=1S/C16H23ClN2O3S/c1-23(21,22)18-15-9-11-19(12-10-15)16(20)4-2-3-13-5-7-14(17)8-6-13/h5-8,15,18H,2-4,9-12H2,1H3. The van der Waals surface area contributed by atoms with Crippen LogP contribution in [0.1, 0.15) is 31.2 Å². The number of carbonyl (C=O) groups is 1. The summed E-state index contributed by atoms with van der Waals surface area (Å²) in [6.07, 6.45) is 4.71. The van der Waals surface area contributed by atoms with Crippen LogP contribution in [0.25, 0.3) is 0 Å². The monoisotopic (exact) mass is 358 g/mol. The molecular weight excluding hydrogens is 336 g/mol. The fourth-order valence-corrected chi connectivity index (χ4v) is 3.77. The minimum Gasteiger partial charge on any atom is -0.343 e. The number of aryl methyl sites for hydroxylation is 1. The first-order valence-corrected chi connectivity index (χ1v) is 10.1. The average molecular weight is 359 g/mol. The summed E-state index contributed by atoms with van der Waals surface area (Å²) < 4.78 is 25.0. The van der Waals surface area contributed by atoms with Gasteiger partial charge < -0.3 is 4.90 Å². The summed E-state index contributed by atoms with van der Waals surface area (Å²) in [6.45, 7) is 1.24. The van der Waals surface area contributed by atoms with Gasteiger partial charge in [-0.2, -0.15) is 0 Å². The first-order valence-electron chi connectivity index (χ1n) is 7.83. The first-order chi connectivity index (χ1) is 10.8. The Labute approximate surface area is 143 Å². The molecule has 1 saturated heterocycles. The normalized spacial score (nSPS) is 16.5. The fourth-order valence-electron chi connectivity index (χ4n) is 2.80. The van der Waals surface area contributed by atoms with E-state index in [4.69, 9.17) is 11.6 Å². The van der Waals surface area contributed by atoms with Gasteiger partial charge in [0.15, 0.2) is 0 Å².